The van der Waals surface area contributed by atoms with Crippen LogP contribution in [0.3, 0.4) is 0 Å². The molecule has 2 aromatic rings. The molecule has 0 saturated carbocycles. The molecule has 0 bridgehead atoms. The van der Waals surface area contributed by atoms with Gasteiger partial charge in [0.1, 0.15) is 0 Å². The number of carbonyl (C=O) groups is 2. The average Bonchev–Trinajstić information content (AvgIpc) is 3.26. The van der Waals surface area contributed by atoms with Gasteiger partial charge in [0.05, 0.1) is 11.4 Å². The predicted molar refractivity (Wildman–Crippen MR) is 104 cm³/mol. The van der Waals surface area contributed by atoms with E-state index in [0.717, 1.165) is 28.6 Å². The van der Waals surface area contributed by atoms with Crippen LogP contribution in [0.2, 0.25) is 0 Å². The molecule has 1 atom stereocenters. The lowest BCUT2D eigenvalue weighted by atomic mass is 10.2. The minimum atomic E-state index is -1.04. The quantitative estimate of drug-likeness (QED) is 0.833. The van der Waals surface area contributed by atoms with E-state index in [9.17, 15) is 14.7 Å². The second-order valence-electron chi connectivity index (χ2n) is 7.38. The molecule has 2 aliphatic rings. The SMILES string of the molecule is Cc1nn(-c2ccccc2)cc1CN1CCN(C(=O)ON2C(=O)CCC2O)CC1. The first-order chi connectivity index (χ1) is 14.0. The number of aliphatic hydroxyl groups excluding tert-OH is 1. The molecule has 154 valence electrons. The summed E-state index contributed by atoms with van der Waals surface area (Å²) in [5.41, 5.74) is 3.15. The second-order valence-corrected chi connectivity index (χ2v) is 7.38. The predicted octanol–water partition coefficient (Wildman–Crippen LogP) is 1.29. The topological polar surface area (TPSA) is 91.1 Å². The number of hydrogen-bond acceptors (Lipinski definition) is 6. The van der Waals surface area contributed by atoms with E-state index in [1.165, 1.54) is 0 Å². The van der Waals surface area contributed by atoms with E-state index >= 15 is 0 Å². The summed E-state index contributed by atoms with van der Waals surface area (Å²) in [5, 5.41) is 15.1. The molecule has 3 heterocycles. The molecular weight excluding hydrogens is 374 g/mol. The summed E-state index contributed by atoms with van der Waals surface area (Å²) in [4.78, 5) is 32.9. The van der Waals surface area contributed by atoms with Crippen LogP contribution in [0.25, 0.3) is 5.69 Å². The number of aryl methyl sites for hydroxylation is 1. The molecule has 0 radical (unpaired) electrons. The van der Waals surface area contributed by atoms with Gasteiger partial charge in [0, 0.05) is 57.3 Å². The summed E-state index contributed by atoms with van der Waals surface area (Å²) in [6.07, 6.45) is 0.892. The highest BCUT2D eigenvalue weighted by molar-refractivity contribution is 5.79. The Kier molecular flexibility index (Phi) is 5.50. The van der Waals surface area contributed by atoms with Gasteiger partial charge < -0.3 is 14.8 Å². The third-order valence-corrected chi connectivity index (χ3v) is 5.36. The van der Waals surface area contributed by atoms with Gasteiger partial charge in [-0.2, -0.15) is 5.10 Å². The molecule has 1 N–H and O–H groups in total. The molecule has 1 aromatic carbocycles. The molecule has 2 aliphatic heterocycles. The Balaban J connectivity index is 1.31. The van der Waals surface area contributed by atoms with E-state index in [0.29, 0.717) is 26.2 Å². The van der Waals surface area contributed by atoms with Crippen LogP contribution in [0.1, 0.15) is 24.1 Å². The number of benzene rings is 1. The summed E-state index contributed by atoms with van der Waals surface area (Å²) in [6.45, 7) is 5.15. The van der Waals surface area contributed by atoms with Crippen LogP contribution in [-0.4, -0.2) is 74.2 Å². The summed E-state index contributed by atoms with van der Waals surface area (Å²) < 4.78 is 1.89. The number of para-hydroxylation sites is 1. The summed E-state index contributed by atoms with van der Waals surface area (Å²) in [5.74, 6) is -0.365. The monoisotopic (exact) mass is 399 g/mol. The van der Waals surface area contributed by atoms with Crippen molar-refractivity contribution in [2.24, 2.45) is 0 Å². The smallest absolute Gasteiger partial charge is 0.370 e. The molecular formula is C20H25N5O4. The molecule has 2 fully saturated rings. The Morgan fingerprint density at radius 1 is 1.21 bits per heavy atom. The average molecular weight is 399 g/mol. The number of carbonyl (C=O) groups excluding carboxylic acids is 2. The van der Waals surface area contributed by atoms with Crippen LogP contribution >= 0.6 is 0 Å². The van der Waals surface area contributed by atoms with Gasteiger partial charge in [-0.25, -0.2) is 9.48 Å². The zero-order valence-electron chi connectivity index (χ0n) is 16.4. The van der Waals surface area contributed by atoms with Crippen molar-refractivity contribution >= 4 is 12.0 Å². The van der Waals surface area contributed by atoms with Crippen LogP contribution < -0.4 is 0 Å². The van der Waals surface area contributed by atoms with Gasteiger partial charge in [0.25, 0.3) is 5.91 Å². The van der Waals surface area contributed by atoms with Crippen molar-refractivity contribution in [3.05, 3.63) is 47.8 Å². The Hall–Kier alpha value is -2.91. The molecule has 0 aliphatic carbocycles. The fourth-order valence-corrected chi connectivity index (χ4v) is 3.59. The molecule has 29 heavy (non-hydrogen) atoms. The van der Waals surface area contributed by atoms with Gasteiger partial charge in [-0.3, -0.25) is 9.69 Å². The van der Waals surface area contributed by atoms with Gasteiger partial charge in [-0.05, 0) is 19.1 Å². The molecule has 1 unspecified atom stereocenters. The van der Waals surface area contributed by atoms with E-state index in [1.807, 2.05) is 48.1 Å². The number of hydroxylamine groups is 2. The molecule has 2 saturated heterocycles. The molecule has 9 nitrogen and oxygen atoms in total. The largest absolute Gasteiger partial charge is 0.434 e. The lowest BCUT2D eigenvalue weighted by molar-refractivity contribution is -0.194. The second kappa shape index (κ2) is 8.22. The number of aliphatic hydroxyl groups is 1. The fraction of sp³-hybridized carbons (Fsp3) is 0.450. The van der Waals surface area contributed by atoms with E-state index in [1.54, 1.807) is 4.90 Å². The van der Waals surface area contributed by atoms with E-state index in [4.69, 9.17) is 4.84 Å². The lowest BCUT2D eigenvalue weighted by Gasteiger charge is -2.34. The van der Waals surface area contributed by atoms with Gasteiger partial charge >= 0.3 is 6.09 Å². The minimum Gasteiger partial charge on any atom is -0.370 e. The van der Waals surface area contributed by atoms with E-state index in [-0.39, 0.29) is 18.7 Å². The van der Waals surface area contributed by atoms with Crippen LogP contribution in [-0.2, 0) is 16.2 Å². The standard InChI is InChI=1S/C20H25N5O4/c1-15-16(14-24(21-15)17-5-3-2-4-6-17)13-22-9-11-23(12-10-22)20(28)29-25-18(26)7-8-19(25)27/h2-6,14,18,26H,7-13H2,1H3. The van der Waals surface area contributed by atoms with Gasteiger partial charge in [-0.1, -0.05) is 18.2 Å². The van der Waals surface area contributed by atoms with Gasteiger partial charge in [0.2, 0.25) is 0 Å². The van der Waals surface area contributed by atoms with E-state index < -0.39 is 12.3 Å². The fourth-order valence-electron chi connectivity index (χ4n) is 3.59. The highest BCUT2D eigenvalue weighted by atomic mass is 16.7. The number of nitrogens with zero attached hydrogens (tertiary/aromatic N) is 5. The Labute approximate surface area is 169 Å². The molecule has 0 spiro atoms. The first-order valence-corrected chi connectivity index (χ1v) is 9.81. The van der Waals surface area contributed by atoms with Crippen molar-refractivity contribution in [2.75, 3.05) is 26.2 Å². The number of aromatic nitrogens is 2. The van der Waals surface area contributed by atoms with Crippen molar-refractivity contribution in [3.63, 3.8) is 0 Å². The minimum absolute atomic E-state index is 0.193. The van der Waals surface area contributed by atoms with Crippen molar-refractivity contribution < 1.29 is 19.5 Å². The molecule has 1 aromatic heterocycles. The number of rotatable bonds is 4. The maximum atomic E-state index is 12.3. The van der Waals surface area contributed by atoms with Crippen LogP contribution in [0.15, 0.2) is 36.5 Å². The van der Waals surface area contributed by atoms with Gasteiger partial charge in [0.15, 0.2) is 6.23 Å². The molecule has 4 rings (SSSR count). The van der Waals surface area contributed by atoms with Crippen LogP contribution in [0.5, 0.6) is 0 Å². The van der Waals surface area contributed by atoms with Gasteiger partial charge in [-0.15, -0.1) is 5.06 Å². The normalized spacial score (nSPS) is 20.3. The molecule has 2 amide bonds. The summed E-state index contributed by atoms with van der Waals surface area (Å²) >= 11 is 0. The summed E-state index contributed by atoms with van der Waals surface area (Å²) in [6, 6.07) is 9.98. The Morgan fingerprint density at radius 3 is 2.59 bits per heavy atom. The summed E-state index contributed by atoms with van der Waals surface area (Å²) in [7, 11) is 0. The van der Waals surface area contributed by atoms with E-state index in [2.05, 4.69) is 10.00 Å². The molecule has 9 heteroatoms. The Morgan fingerprint density at radius 2 is 1.93 bits per heavy atom. The van der Waals surface area contributed by atoms with Crippen molar-refractivity contribution in [2.45, 2.75) is 32.5 Å². The van der Waals surface area contributed by atoms with Crippen molar-refractivity contribution in [3.8, 4) is 5.69 Å². The third-order valence-electron chi connectivity index (χ3n) is 5.36. The van der Waals surface area contributed by atoms with Crippen molar-refractivity contribution in [1.82, 2.24) is 24.6 Å². The van der Waals surface area contributed by atoms with Crippen molar-refractivity contribution in [1.29, 1.82) is 0 Å². The highest BCUT2D eigenvalue weighted by Crippen LogP contribution is 2.19. The van der Waals surface area contributed by atoms with Crippen LogP contribution in [0, 0.1) is 6.92 Å². The first kappa shape index (κ1) is 19.4. The Bertz CT molecular complexity index is 876. The lowest BCUT2D eigenvalue weighted by Crippen LogP contribution is -2.50. The number of piperazine rings is 1. The number of amides is 2. The zero-order chi connectivity index (χ0) is 20.4. The third kappa shape index (κ3) is 4.25. The maximum Gasteiger partial charge on any atom is 0.434 e. The highest BCUT2D eigenvalue weighted by Gasteiger charge is 2.35. The number of hydrogen-bond donors (Lipinski definition) is 1. The maximum absolute atomic E-state index is 12.3. The first-order valence-electron chi connectivity index (χ1n) is 9.81. The van der Waals surface area contributed by atoms with Crippen LogP contribution in [0.4, 0.5) is 4.79 Å². The zero-order valence-corrected chi connectivity index (χ0v) is 16.4.